The van der Waals surface area contributed by atoms with E-state index in [1.807, 2.05) is 25.1 Å². The molecule has 0 amide bonds. The number of hydrogen-bond donors (Lipinski definition) is 3. The van der Waals surface area contributed by atoms with Crippen LogP contribution in [0, 0.1) is 0 Å². The van der Waals surface area contributed by atoms with Crippen molar-refractivity contribution < 1.29 is 0 Å². The van der Waals surface area contributed by atoms with Crippen molar-refractivity contribution in [3.8, 4) is 0 Å². The van der Waals surface area contributed by atoms with Crippen LogP contribution in [-0.2, 0) is 6.42 Å². The minimum Gasteiger partial charge on any atom is -0.327 e. The SMILES string of the molecule is CC(N)CNCC(N)Cc1ccccc1. The third-order valence-corrected chi connectivity index (χ3v) is 2.21. The van der Waals surface area contributed by atoms with Gasteiger partial charge in [-0.2, -0.15) is 0 Å². The van der Waals surface area contributed by atoms with Crippen LogP contribution < -0.4 is 16.8 Å². The molecule has 15 heavy (non-hydrogen) atoms. The van der Waals surface area contributed by atoms with Crippen LogP contribution in [0.25, 0.3) is 0 Å². The first-order chi connectivity index (χ1) is 7.18. The van der Waals surface area contributed by atoms with Crippen LogP contribution in [0.2, 0.25) is 0 Å². The van der Waals surface area contributed by atoms with Gasteiger partial charge in [-0.25, -0.2) is 0 Å². The largest absolute Gasteiger partial charge is 0.327 e. The lowest BCUT2D eigenvalue weighted by molar-refractivity contribution is 0.544. The van der Waals surface area contributed by atoms with Crippen molar-refractivity contribution in [2.45, 2.75) is 25.4 Å². The van der Waals surface area contributed by atoms with Gasteiger partial charge in [-0.3, -0.25) is 0 Å². The van der Waals surface area contributed by atoms with Gasteiger partial charge in [-0.1, -0.05) is 30.3 Å². The Morgan fingerprint density at radius 2 is 1.80 bits per heavy atom. The molecule has 0 aliphatic carbocycles. The van der Waals surface area contributed by atoms with Crippen LogP contribution in [0.5, 0.6) is 0 Å². The van der Waals surface area contributed by atoms with E-state index in [0.29, 0.717) is 0 Å². The van der Waals surface area contributed by atoms with E-state index in [1.54, 1.807) is 0 Å². The Bertz CT molecular complexity index is 259. The van der Waals surface area contributed by atoms with Crippen LogP contribution in [0.1, 0.15) is 12.5 Å². The van der Waals surface area contributed by atoms with E-state index in [2.05, 4.69) is 17.4 Å². The molecule has 0 aliphatic rings. The Hall–Kier alpha value is -0.900. The Morgan fingerprint density at radius 3 is 2.40 bits per heavy atom. The molecule has 0 fully saturated rings. The van der Waals surface area contributed by atoms with Crippen molar-refractivity contribution in [3.63, 3.8) is 0 Å². The van der Waals surface area contributed by atoms with Gasteiger partial charge in [0, 0.05) is 25.2 Å². The van der Waals surface area contributed by atoms with E-state index in [4.69, 9.17) is 11.5 Å². The molecule has 1 aromatic rings. The normalized spacial score (nSPS) is 14.9. The molecule has 0 bridgehead atoms. The molecule has 3 nitrogen and oxygen atoms in total. The molecule has 5 N–H and O–H groups in total. The molecule has 0 saturated heterocycles. The maximum absolute atomic E-state index is 5.99. The fourth-order valence-electron chi connectivity index (χ4n) is 1.49. The van der Waals surface area contributed by atoms with Gasteiger partial charge in [0.15, 0.2) is 0 Å². The van der Waals surface area contributed by atoms with Gasteiger partial charge in [0.05, 0.1) is 0 Å². The monoisotopic (exact) mass is 207 g/mol. The molecule has 0 heterocycles. The molecule has 0 radical (unpaired) electrons. The smallest absolute Gasteiger partial charge is 0.0206 e. The van der Waals surface area contributed by atoms with E-state index < -0.39 is 0 Å². The average Bonchev–Trinajstić information content (AvgIpc) is 2.18. The minimum atomic E-state index is 0.158. The highest BCUT2D eigenvalue weighted by molar-refractivity contribution is 5.15. The average molecular weight is 207 g/mol. The van der Waals surface area contributed by atoms with Crippen molar-refractivity contribution in [1.82, 2.24) is 5.32 Å². The van der Waals surface area contributed by atoms with Gasteiger partial charge < -0.3 is 16.8 Å². The summed E-state index contributed by atoms with van der Waals surface area (Å²) in [5.74, 6) is 0. The van der Waals surface area contributed by atoms with Crippen molar-refractivity contribution in [1.29, 1.82) is 0 Å². The van der Waals surface area contributed by atoms with Gasteiger partial charge in [-0.15, -0.1) is 0 Å². The predicted molar refractivity (Wildman–Crippen MR) is 64.6 cm³/mol. The Balaban J connectivity index is 2.21. The highest BCUT2D eigenvalue weighted by atomic mass is 14.9. The first-order valence-corrected chi connectivity index (χ1v) is 5.44. The predicted octanol–water partition coefficient (Wildman–Crippen LogP) is 0.493. The second-order valence-corrected chi connectivity index (χ2v) is 4.09. The van der Waals surface area contributed by atoms with Crippen LogP contribution in [0.4, 0.5) is 0 Å². The Kier molecular flexibility index (Phi) is 5.32. The number of rotatable bonds is 6. The van der Waals surface area contributed by atoms with Crippen LogP contribution in [0.15, 0.2) is 30.3 Å². The fourth-order valence-corrected chi connectivity index (χ4v) is 1.49. The zero-order valence-electron chi connectivity index (χ0n) is 9.32. The molecule has 1 aromatic carbocycles. The lowest BCUT2D eigenvalue weighted by Crippen LogP contribution is -2.40. The van der Waals surface area contributed by atoms with Gasteiger partial charge in [0.25, 0.3) is 0 Å². The van der Waals surface area contributed by atoms with Gasteiger partial charge in [0.2, 0.25) is 0 Å². The van der Waals surface area contributed by atoms with E-state index >= 15 is 0 Å². The molecule has 0 saturated carbocycles. The Morgan fingerprint density at radius 1 is 1.13 bits per heavy atom. The van der Waals surface area contributed by atoms with E-state index in [-0.39, 0.29) is 12.1 Å². The lowest BCUT2D eigenvalue weighted by atomic mass is 10.1. The quantitative estimate of drug-likeness (QED) is 0.636. The number of benzene rings is 1. The maximum Gasteiger partial charge on any atom is 0.0206 e. The third kappa shape index (κ3) is 5.52. The van der Waals surface area contributed by atoms with Gasteiger partial charge in [-0.05, 0) is 18.9 Å². The maximum atomic E-state index is 5.99. The van der Waals surface area contributed by atoms with E-state index in [0.717, 1.165) is 19.5 Å². The molecule has 0 aliphatic heterocycles. The van der Waals surface area contributed by atoms with Crippen molar-refractivity contribution >= 4 is 0 Å². The number of nitrogens with one attached hydrogen (secondary N) is 1. The summed E-state index contributed by atoms with van der Waals surface area (Å²) in [6, 6.07) is 10.6. The second kappa shape index (κ2) is 6.56. The standard InChI is InChI=1S/C12H21N3/c1-10(13)8-15-9-12(14)7-11-5-3-2-4-6-11/h2-6,10,12,15H,7-9,13-14H2,1H3. The summed E-state index contributed by atoms with van der Waals surface area (Å²) in [5, 5.41) is 3.25. The summed E-state index contributed by atoms with van der Waals surface area (Å²) in [6.07, 6.45) is 0.910. The molecule has 0 aromatic heterocycles. The highest BCUT2D eigenvalue weighted by Crippen LogP contribution is 2.00. The number of nitrogens with two attached hydrogens (primary N) is 2. The molecular formula is C12H21N3. The lowest BCUT2D eigenvalue weighted by Gasteiger charge is -2.14. The molecule has 2 atom stereocenters. The summed E-state index contributed by atoms with van der Waals surface area (Å²) in [5.41, 5.74) is 12.9. The zero-order chi connectivity index (χ0) is 11.1. The van der Waals surface area contributed by atoms with Gasteiger partial charge >= 0.3 is 0 Å². The highest BCUT2D eigenvalue weighted by Gasteiger charge is 2.03. The molecule has 0 spiro atoms. The van der Waals surface area contributed by atoms with Gasteiger partial charge in [0.1, 0.15) is 0 Å². The first-order valence-electron chi connectivity index (χ1n) is 5.44. The Labute approximate surface area is 91.9 Å². The van der Waals surface area contributed by atoms with Crippen LogP contribution in [0.3, 0.4) is 0 Å². The second-order valence-electron chi connectivity index (χ2n) is 4.09. The van der Waals surface area contributed by atoms with Crippen molar-refractivity contribution in [2.24, 2.45) is 11.5 Å². The topological polar surface area (TPSA) is 64.1 Å². The summed E-state index contributed by atoms with van der Waals surface area (Å²) in [7, 11) is 0. The molecule has 3 heteroatoms. The van der Waals surface area contributed by atoms with Crippen molar-refractivity contribution in [2.75, 3.05) is 13.1 Å². The summed E-state index contributed by atoms with van der Waals surface area (Å²) in [6.45, 7) is 3.62. The van der Waals surface area contributed by atoms with E-state index in [1.165, 1.54) is 5.56 Å². The molecule has 84 valence electrons. The summed E-state index contributed by atoms with van der Waals surface area (Å²) >= 11 is 0. The molecule has 1 rings (SSSR count). The van der Waals surface area contributed by atoms with Crippen LogP contribution >= 0.6 is 0 Å². The first kappa shape index (κ1) is 12.2. The third-order valence-electron chi connectivity index (χ3n) is 2.21. The fraction of sp³-hybridized carbons (Fsp3) is 0.500. The summed E-state index contributed by atoms with van der Waals surface area (Å²) < 4.78 is 0. The molecular weight excluding hydrogens is 186 g/mol. The van der Waals surface area contributed by atoms with Crippen LogP contribution in [-0.4, -0.2) is 25.2 Å². The summed E-state index contributed by atoms with van der Waals surface area (Å²) in [4.78, 5) is 0. The molecule has 2 unspecified atom stereocenters. The zero-order valence-corrected chi connectivity index (χ0v) is 9.32. The van der Waals surface area contributed by atoms with Crippen molar-refractivity contribution in [3.05, 3.63) is 35.9 Å². The van der Waals surface area contributed by atoms with E-state index in [9.17, 15) is 0 Å². The minimum absolute atomic E-state index is 0.158. The number of hydrogen-bond acceptors (Lipinski definition) is 3.